The molecule has 0 radical (unpaired) electrons. The predicted molar refractivity (Wildman–Crippen MR) is 149 cm³/mol. The fraction of sp³-hybridized carbons (Fsp3) is 0.259. The van der Waals surface area contributed by atoms with Crippen LogP contribution in [0.2, 0.25) is 0 Å². The van der Waals surface area contributed by atoms with Crippen molar-refractivity contribution in [3.8, 4) is 40.3 Å². The lowest BCUT2D eigenvalue weighted by atomic mass is 10.2. The van der Waals surface area contributed by atoms with Crippen molar-refractivity contribution < 1.29 is 33.3 Å². The normalized spacial score (nSPS) is 11.4. The van der Waals surface area contributed by atoms with Gasteiger partial charge in [-0.15, -0.1) is 0 Å². The molecular weight excluding hydrogens is 524 g/mol. The van der Waals surface area contributed by atoms with E-state index in [0.29, 0.717) is 42.8 Å². The average molecular weight is 555 g/mol. The number of aromatic amines is 2. The Bertz CT molecular complexity index is 1530. The van der Waals surface area contributed by atoms with Crippen LogP contribution in [-0.2, 0) is 16.0 Å². The summed E-state index contributed by atoms with van der Waals surface area (Å²) < 4.78 is 29.1. The van der Waals surface area contributed by atoms with Gasteiger partial charge in [-0.3, -0.25) is 14.8 Å². The fourth-order valence-electron chi connectivity index (χ4n) is 4.15. The lowest BCUT2D eigenvalue weighted by molar-refractivity contribution is 0.0804. The van der Waals surface area contributed by atoms with Crippen LogP contribution in [0.1, 0.15) is 0 Å². The SMILES string of the molecule is COc1cccc(Nc2[nH][nH]c3c4cc(OC)c(OCCOCCOSc5cc(O)n(C)c5O)cc4cc2-3)c1. The quantitative estimate of drug-likeness (QED) is 0.0979. The maximum absolute atomic E-state index is 9.86. The maximum atomic E-state index is 9.86. The molecule has 0 spiro atoms. The lowest BCUT2D eigenvalue weighted by Gasteiger charge is -2.11. The molecule has 5 rings (SSSR count). The van der Waals surface area contributed by atoms with Gasteiger partial charge in [0, 0.05) is 47.9 Å². The van der Waals surface area contributed by atoms with Gasteiger partial charge in [0.2, 0.25) is 5.88 Å². The van der Waals surface area contributed by atoms with Gasteiger partial charge in [0.15, 0.2) is 17.4 Å². The molecule has 1 aliphatic carbocycles. The average Bonchev–Trinajstić information content (AvgIpc) is 3.58. The molecule has 2 aromatic carbocycles. The van der Waals surface area contributed by atoms with Crippen molar-refractivity contribution in [3.05, 3.63) is 48.5 Å². The van der Waals surface area contributed by atoms with Gasteiger partial charge in [0.05, 0.1) is 39.7 Å². The minimum absolute atomic E-state index is 0.0385. The predicted octanol–water partition coefficient (Wildman–Crippen LogP) is 5.23. The molecule has 0 saturated heterocycles. The monoisotopic (exact) mass is 554 g/mol. The van der Waals surface area contributed by atoms with E-state index in [9.17, 15) is 10.2 Å². The Labute approximate surface area is 229 Å². The summed E-state index contributed by atoms with van der Waals surface area (Å²) in [5.41, 5.74) is 2.87. The van der Waals surface area contributed by atoms with Crippen LogP contribution in [0.3, 0.4) is 0 Å². The van der Waals surface area contributed by atoms with Crippen molar-refractivity contribution in [1.82, 2.24) is 14.8 Å². The van der Waals surface area contributed by atoms with E-state index in [1.807, 2.05) is 36.4 Å². The second-order valence-electron chi connectivity index (χ2n) is 8.62. The number of fused-ring (bicyclic) bond motifs is 3. The first-order chi connectivity index (χ1) is 19.0. The second-order valence-corrected chi connectivity index (χ2v) is 9.46. The first kappa shape index (κ1) is 26.5. The Kier molecular flexibility index (Phi) is 7.96. The van der Waals surface area contributed by atoms with Gasteiger partial charge in [-0.2, -0.15) is 0 Å². The molecule has 2 aliphatic rings. The zero-order valence-electron chi connectivity index (χ0n) is 21.7. The Morgan fingerprint density at radius 2 is 1.77 bits per heavy atom. The van der Waals surface area contributed by atoms with Crippen LogP contribution in [0, 0.1) is 0 Å². The summed E-state index contributed by atoms with van der Waals surface area (Å²) >= 11 is 0.980. The number of nitrogens with zero attached hydrogens (tertiary/aromatic N) is 1. The molecule has 0 saturated carbocycles. The van der Waals surface area contributed by atoms with Gasteiger partial charge < -0.3 is 38.7 Å². The molecule has 0 unspecified atom stereocenters. The molecule has 0 amide bonds. The minimum atomic E-state index is -0.0536. The number of rotatable bonds is 13. The number of nitrogens with one attached hydrogen (secondary N) is 3. The van der Waals surface area contributed by atoms with Crippen LogP contribution in [0.15, 0.2) is 53.4 Å². The first-order valence-electron chi connectivity index (χ1n) is 12.2. The number of benzene rings is 2. The van der Waals surface area contributed by atoms with E-state index >= 15 is 0 Å². The summed E-state index contributed by atoms with van der Waals surface area (Å²) in [5, 5.41) is 31.3. The summed E-state index contributed by atoms with van der Waals surface area (Å²) in [5.74, 6) is 2.76. The standard InChI is InChI=1S/C27H30N4O7S/c1-31-24(32)15-23(27(31)33)39-38-10-8-36-7-9-37-22-12-16-11-20-25(19(16)14-21(22)35-3)29-30-26(20)28-17-5-4-6-18(13-17)34-2/h4-6,11-15,28-30,32-33H,7-10H2,1-3H3. The molecule has 3 aromatic rings. The van der Waals surface area contributed by atoms with E-state index in [2.05, 4.69) is 21.6 Å². The van der Waals surface area contributed by atoms with E-state index in [-0.39, 0.29) is 11.8 Å². The summed E-state index contributed by atoms with van der Waals surface area (Å²) in [6.07, 6.45) is 0. The zero-order chi connectivity index (χ0) is 27.4. The summed E-state index contributed by atoms with van der Waals surface area (Å²) in [6.45, 7) is 1.34. The Hall–Kier alpha value is -4.13. The van der Waals surface area contributed by atoms with E-state index in [4.69, 9.17) is 23.1 Å². The zero-order valence-corrected chi connectivity index (χ0v) is 22.6. The molecule has 0 fully saturated rings. The molecule has 39 heavy (non-hydrogen) atoms. The van der Waals surface area contributed by atoms with E-state index < -0.39 is 0 Å². The van der Waals surface area contributed by atoms with Gasteiger partial charge >= 0.3 is 0 Å². The fourth-order valence-corrected chi connectivity index (χ4v) is 4.79. The van der Waals surface area contributed by atoms with E-state index in [1.165, 1.54) is 10.6 Å². The highest BCUT2D eigenvalue weighted by molar-refractivity contribution is 7.94. The van der Waals surface area contributed by atoms with Crippen LogP contribution >= 0.6 is 12.0 Å². The number of H-pyrrole nitrogens is 2. The van der Waals surface area contributed by atoms with Crippen molar-refractivity contribution in [2.75, 3.05) is 46.0 Å². The number of aromatic nitrogens is 3. The molecule has 5 N–H and O–H groups in total. The van der Waals surface area contributed by atoms with Gasteiger partial charge in [-0.05, 0) is 35.7 Å². The lowest BCUT2D eigenvalue weighted by Crippen LogP contribution is -2.10. The summed E-state index contributed by atoms with van der Waals surface area (Å²) in [6, 6.07) is 15.2. The number of anilines is 2. The number of methoxy groups -OCH3 is 2. The van der Waals surface area contributed by atoms with Crippen LogP contribution in [0.25, 0.3) is 22.0 Å². The Morgan fingerprint density at radius 3 is 2.54 bits per heavy atom. The largest absolute Gasteiger partial charge is 0.497 e. The van der Waals surface area contributed by atoms with Crippen LogP contribution in [-0.4, -0.2) is 65.6 Å². The highest BCUT2D eigenvalue weighted by Crippen LogP contribution is 2.43. The van der Waals surface area contributed by atoms with Crippen molar-refractivity contribution in [3.63, 3.8) is 0 Å². The first-order valence-corrected chi connectivity index (χ1v) is 12.9. The number of hydrogen-bond donors (Lipinski definition) is 5. The molecule has 0 atom stereocenters. The van der Waals surface area contributed by atoms with Crippen LogP contribution in [0.4, 0.5) is 11.5 Å². The Morgan fingerprint density at radius 1 is 0.923 bits per heavy atom. The topological polar surface area (TPSA) is 135 Å². The van der Waals surface area contributed by atoms with Crippen LogP contribution < -0.4 is 19.5 Å². The van der Waals surface area contributed by atoms with Crippen molar-refractivity contribution >= 4 is 34.3 Å². The van der Waals surface area contributed by atoms with Gasteiger partial charge in [0.1, 0.15) is 23.1 Å². The number of ether oxygens (including phenoxy) is 4. The number of aromatic hydroxyl groups is 2. The highest BCUT2D eigenvalue weighted by Gasteiger charge is 2.20. The molecule has 0 bridgehead atoms. The second kappa shape index (κ2) is 11.7. The van der Waals surface area contributed by atoms with Crippen molar-refractivity contribution in [1.29, 1.82) is 0 Å². The van der Waals surface area contributed by atoms with E-state index in [1.54, 1.807) is 21.3 Å². The van der Waals surface area contributed by atoms with Crippen molar-refractivity contribution in [2.45, 2.75) is 4.90 Å². The third-order valence-electron chi connectivity index (χ3n) is 6.18. The molecule has 1 aromatic heterocycles. The van der Waals surface area contributed by atoms with E-state index in [0.717, 1.165) is 51.3 Å². The van der Waals surface area contributed by atoms with Crippen LogP contribution in [0.5, 0.6) is 29.0 Å². The summed E-state index contributed by atoms with van der Waals surface area (Å²) in [4.78, 5) is 0.436. The highest BCUT2D eigenvalue weighted by atomic mass is 32.2. The molecule has 12 heteroatoms. The molecule has 206 valence electrons. The Balaban J connectivity index is 1.15. The van der Waals surface area contributed by atoms with Gasteiger partial charge in [-0.1, -0.05) is 6.07 Å². The van der Waals surface area contributed by atoms with Crippen molar-refractivity contribution in [2.24, 2.45) is 7.05 Å². The molecule has 2 heterocycles. The smallest absolute Gasteiger partial charge is 0.210 e. The summed E-state index contributed by atoms with van der Waals surface area (Å²) in [7, 11) is 4.81. The minimum Gasteiger partial charge on any atom is -0.497 e. The molecular formula is C27H30N4O7S. The number of hydrogen-bond acceptors (Lipinski definition) is 9. The van der Waals surface area contributed by atoms with Gasteiger partial charge in [-0.25, -0.2) is 0 Å². The third-order valence-corrected chi connectivity index (χ3v) is 6.95. The maximum Gasteiger partial charge on any atom is 0.210 e. The molecule has 11 nitrogen and oxygen atoms in total. The third kappa shape index (κ3) is 5.67. The van der Waals surface area contributed by atoms with Gasteiger partial charge in [0.25, 0.3) is 0 Å². The molecule has 1 aliphatic heterocycles.